The number of halogens is 2. The minimum Gasteiger partial charge on any atom is -0.371 e. The predicted molar refractivity (Wildman–Crippen MR) is 84.9 cm³/mol. The molecule has 2 rings (SSSR count). The maximum atomic E-state index is 6.29. The van der Waals surface area contributed by atoms with Gasteiger partial charge in [0.05, 0.1) is 24.4 Å². The van der Waals surface area contributed by atoms with E-state index in [2.05, 4.69) is 56.7 Å². The maximum absolute atomic E-state index is 6.29. The van der Waals surface area contributed by atoms with Gasteiger partial charge in [-0.05, 0) is 25.3 Å². The van der Waals surface area contributed by atoms with E-state index in [-0.39, 0.29) is 24.4 Å². The Hall–Kier alpha value is 0.140. The molecule has 2 nitrogen and oxygen atoms in total. The van der Waals surface area contributed by atoms with Crippen LogP contribution in [0.4, 0.5) is 0 Å². The van der Waals surface area contributed by atoms with Gasteiger partial charge in [0.15, 0.2) is 0 Å². The Morgan fingerprint density at radius 3 is 2.84 bits per heavy atom. The molecule has 1 saturated heterocycles. The zero-order chi connectivity index (χ0) is 13.7. The van der Waals surface area contributed by atoms with Crippen LogP contribution in [0.2, 0.25) is 0 Å². The zero-order valence-corrected chi connectivity index (χ0v) is 14.3. The van der Waals surface area contributed by atoms with E-state index in [1.807, 2.05) is 6.08 Å². The molecule has 2 heterocycles. The van der Waals surface area contributed by atoms with Crippen LogP contribution in [0, 0.1) is 0 Å². The summed E-state index contributed by atoms with van der Waals surface area (Å²) in [6, 6.07) is 0. The van der Waals surface area contributed by atoms with Crippen LogP contribution in [0.5, 0.6) is 0 Å². The highest BCUT2D eigenvalue weighted by molar-refractivity contribution is 9.11. The van der Waals surface area contributed by atoms with Crippen LogP contribution in [0.1, 0.15) is 32.6 Å². The average Bonchev–Trinajstić information content (AvgIpc) is 2.77. The van der Waals surface area contributed by atoms with Crippen LogP contribution in [-0.4, -0.2) is 29.2 Å². The van der Waals surface area contributed by atoms with E-state index in [0.717, 1.165) is 25.7 Å². The highest BCUT2D eigenvalue weighted by atomic mass is 79.9. The molecular weight excluding hydrogens is 372 g/mol. The van der Waals surface area contributed by atoms with Crippen LogP contribution >= 0.6 is 31.9 Å². The Balaban J connectivity index is 2.04. The molecule has 0 unspecified atom stereocenters. The van der Waals surface area contributed by atoms with E-state index in [4.69, 9.17) is 9.47 Å². The van der Waals surface area contributed by atoms with Gasteiger partial charge in [0, 0.05) is 16.2 Å². The Kier molecular flexibility index (Phi) is 6.37. The van der Waals surface area contributed by atoms with E-state index in [1.54, 1.807) is 4.99 Å². The summed E-state index contributed by atoms with van der Waals surface area (Å²) in [7, 11) is 0. The first kappa shape index (κ1) is 15.5. The second kappa shape index (κ2) is 7.80. The number of hydrogen-bond donors (Lipinski definition) is 0. The van der Waals surface area contributed by atoms with Gasteiger partial charge >= 0.3 is 0 Å². The molecule has 4 heteroatoms. The number of ether oxygens (including phenoxy) is 2. The summed E-state index contributed by atoms with van der Waals surface area (Å²) in [4.78, 5) is 2.14. The van der Waals surface area contributed by atoms with Crippen molar-refractivity contribution in [3.05, 3.63) is 28.9 Å². The van der Waals surface area contributed by atoms with E-state index in [1.165, 1.54) is 0 Å². The van der Waals surface area contributed by atoms with Crippen LogP contribution < -0.4 is 0 Å². The fourth-order valence-corrected chi connectivity index (χ4v) is 3.08. The number of rotatable bonds is 3. The molecule has 0 aromatic carbocycles. The molecular formula is C15H20Br2O2. The van der Waals surface area contributed by atoms with E-state index in [0.29, 0.717) is 4.83 Å². The first-order valence-electron chi connectivity index (χ1n) is 6.85. The van der Waals surface area contributed by atoms with Crippen molar-refractivity contribution < 1.29 is 9.47 Å². The molecule has 5 atom stereocenters. The van der Waals surface area contributed by atoms with Crippen molar-refractivity contribution in [1.29, 1.82) is 0 Å². The summed E-state index contributed by atoms with van der Waals surface area (Å²) in [5.74, 6) is 0. The van der Waals surface area contributed by atoms with E-state index >= 15 is 0 Å². The molecule has 1 fully saturated rings. The molecule has 0 aromatic rings. The summed E-state index contributed by atoms with van der Waals surface area (Å²) in [6.07, 6.45) is 11.1. The van der Waals surface area contributed by atoms with E-state index < -0.39 is 0 Å². The minimum atomic E-state index is 0.117. The zero-order valence-electron chi connectivity index (χ0n) is 11.1. The lowest BCUT2D eigenvalue weighted by Crippen LogP contribution is -2.34. The largest absolute Gasteiger partial charge is 0.371 e. The van der Waals surface area contributed by atoms with Gasteiger partial charge < -0.3 is 9.47 Å². The monoisotopic (exact) mass is 390 g/mol. The molecule has 106 valence electrons. The number of fused-ring (bicyclic) bond motifs is 1. The van der Waals surface area contributed by atoms with Crippen molar-refractivity contribution in [2.24, 2.45) is 0 Å². The minimum absolute atomic E-state index is 0.117. The summed E-state index contributed by atoms with van der Waals surface area (Å²) in [5, 5.41) is 0. The predicted octanol–water partition coefficient (Wildman–Crippen LogP) is 4.48. The SMILES string of the molecule is CC[C@H](Br)[C@@H]1C/C=C\C[C@H]2O[C@H](C=C=CBr)C[C@H]2O1. The molecule has 2 aliphatic rings. The van der Waals surface area contributed by atoms with Gasteiger partial charge in [-0.1, -0.05) is 50.9 Å². The number of hydrogen-bond acceptors (Lipinski definition) is 2. The van der Waals surface area contributed by atoms with E-state index in [9.17, 15) is 0 Å². The van der Waals surface area contributed by atoms with Crippen molar-refractivity contribution in [1.82, 2.24) is 0 Å². The van der Waals surface area contributed by atoms with Gasteiger partial charge in [-0.25, -0.2) is 0 Å². The number of alkyl halides is 1. The van der Waals surface area contributed by atoms with Crippen molar-refractivity contribution in [2.75, 3.05) is 0 Å². The molecule has 0 aliphatic carbocycles. The molecule has 0 amide bonds. The third-order valence-electron chi connectivity index (χ3n) is 3.62. The maximum Gasteiger partial charge on any atom is 0.0880 e. The summed E-state index contributed by atoms with van der Waals surface area (Å²) >= 11 is 6.95. The Bertz CT molecular complexity index is 374. The smallest absolute Gasteiger partial charge is 0.0880 e. The Labute approximate surface area is 132 Å². The van der Waals surface area contributed by atoms with Gasteiger partial charge in [-0.2, -0.15) is 0 Å². The van der Waals surface area contributed by atoms with Gasteiger partial charge in [0.2, 0.25) is 0 Å². The van der Waals surface area contributed by atoms with Crippen molar-refractivity contribution in [2.45, 2.75) is 61.9 Å². The molecule has 0 radical (unpaired) electrons. The highest BCUT2D eigenvalue weighted by Gasteiger charge is 2.37. The lowest BCUT2D eigenvalue weighted by Gasteiger charge is -2.28. The van der Waals surface area contributed by atoms with Gasteiger partial charge in [-0.3, -0.25) is 0 Å². The van der Waals surface area contributed by atoms with Crippen LogP contribution in [0.15, 0.2) is 28.9 Å². The quantitative estimate of drug-likeness (QED) is 0.401. The fourth-order valence-electron chi connectivity index (χ4n) is 2.59. The molecule has 0 N–H and O–H groups in total. The summed E-state index contributed by atoms with van der Waals surface area (Å²) in [5.41, 5.74) is 3.04. The van der Waals surface area contributed by atoms with Crippen LogP contribution in [0.25, 0.3) is 0 Å². The average molecular weight is 392 g/mol. The third-order valence-corrected chi connectivity index (χ3v) is 5.12. The second-order valence-corrected chi connectivity index (χ2v) is 6.61. The lowest BCUT2D eigenvalue weighted by molar-refractivity contribution is -0.0540. The first-order valence-corrected chi connectivity index (χ1v) is 8.69. The van der Waals surface area contributed by atoms with Crippen molar-refractivity contribution in [3.63, 3.8) is 0 Å². The molecule has 0 bridgehead atoms. The molecule has 0 aromatic heterocycles. The molecule has 0 saturated carbocycles. The summed E-state index contributed by atoms with van der Waals surface area (Å²) < 4.78 is 12.3. The van der Waals surface area contributed by atoms with Gasteiger partial charge in [-0.15, -0.1) is 5.73 Å². The van der Waals surface area contributed by atoms with Crippen molar-refractivity contribution >= 4 is 31.9 Å². The van der Waals surface area contributed by atoms with Crippen molar-refractivity contribution in [3.8, 4) is 0 Å². The Morgan fingerprint density at radius 1 is 1.32 bits per heavy atom. The first-order chi connectivity index (χ1) is 9.24. The van der Waals surface area contributed by atoms with Crippen LogP contribution in [0.3, 0.4) is 0 Å². The molecule has 0 spiro atoms. The van der Waals surface area contributed by atoms with Gasteiger partial charge in [0.1, 0.15) is 0 Å². The Morgan fingerprint density at radius 2 is 2.11 bits per heavy atom. The summed E-state index contributed by atoms with van der Waals surface area (Å²) in [6.45, 7) is 2.18. The normalized spacial score (nSPS) is 37.4. The fraction of sp³-hybridized carbons (Fsp3) is 0.667. The second-order valence-electron chi connectivity index (χ2n) is 4.97. The van der Waals surface area contributed by atoms with Gasteiger partial charge in [0.25, 0.3) is 0 Å². The molecule has 2 aliphatic heterocycles. The standard InChI is InChI=1S/C15H20Br2O2/c1-2-12(17)13-7-3-4-8-14-15(19-13)10-11(18-14)6-5-9-16/h3-4,6,9,11-15H,2,7-8,10H2,1H3/b4-3-/t5?,11-,12+,13+,14-,15-/m1/s1. The topological polar surface area (TPSA) is 18.5 Å². The third kappa shape index (κ3) is 4.30. The highest BCUT2D eigenvalue weighted by Crippen LogP contribution is 2.31. The van der Waals surface area contributed by atoms with Crippen LogP contribution in [-0.2, 0) is 9.47 Å². The molecule has 19 heavy (non-hydrogen) atoms. The lowest BCUT2D eigenvalue weighted by atomic mass is 10.0.